The number of aromatic nitrogens is 1. The van der Waals surface area contributed by atoms with Gasteiger partial charge in [-0.1, -0.05) is 38.8 Å². The van der Waals surface area contributed by atoms with E-state index in [9.17, 15) is 4.79 Å². The summed E-state index contributed by atoms with van der Waals surface area (Å²) in [7, 11) is 0. The Bertz CT molecular complexity index is 438. The third kappa shape index (κ3) is 4.63. The minimum absolute atomic E-state index is 0.235. The molecular formula is C15H26N2O3. The first-order valence-corrected chi connectivity index (χ1v) is 7.25. The summed E-state index contributed by atoms with van der Waals surface area (Å²) in [4.78, 5) is 12.0. The van der Waals surface area contributed by atoms with E-state index in [1.165, 1.54) is 12.8 Å². The summed E-state index contributed by atoms with van der Waals surface area (Å²) in [6.45, 7) is 8.73. The van der Waals surface area contributed by atoms with Gasteiger partial charge in [-0.15, -0.1) is 0 Å². The number of rotatable bonds is 8. The number of aliphatic hydroxyl groups is 1. The van der Waals surface area contributed by atoms with Gasteiger partial charge in [0.1, 0.15) is 6.61 Å². The molecule has 114 valence electrons. The zero-order valence-corrected chi connectivity index (χ0v) is 13.0. The van der Waals surface area contributed by atoms with Gasteiger partial charge in [0.05, 0.1) is 0 Å². The molecule has 0 aromatic carbocycles. The van der Waals surface area contributed by atoms with Crippen molar-refractivity contribution in [3.63, 3.8) is 0 Å². The Morgan fingerprint density at radius 3 is 2.65 bits per heavy atom. The van der Waals surface area contributed by atoms with E-state index in [4.69, 9.17) is 9.63 Å². The fourth-order valence-electron chi connectivity index (χ4n) is 2.11. The van der Waals surface area contributed by atoms with Crippen LogP contribution in [0.25, 0.3) is 0 Å². The summed E-state index contributed by atoms with van der Waals surface area (Å²) in [5.74, 6) is 0.107. The summed E-state index contributed by atoms with van der Waals surface area (Å²) in [6, 6.07) is 0. The van der Waals surface area contributed by atoms with Crippen molar-refractivity contribution < 1.29 is 14.4 Å². The van der Waals surface area contributed by atoms with Gasteiger partial charge in [0, 0.05) is 12.1 Å². The van der Waals surface area contributed by atoms with Crippen molar-refractivity contribution in [3.05, 3.63) is 17.0 Å². The highest BCUT2D eigenvalue weighted by Crippen LogP contribution is 2.26. The van der Waals surface area contributed by atoms with Crippen molar-refractivity contribution in [2.24, 2.45) is 5.41 Å². The molecular weight excluding hydrogens is 256 g/mol. The number of aliphatic hydroxyl groups excluding tert-OH is 1. The number of nitrogens with zero attached hydrogens (tertiary/aromatic N) is 1. The molecule has 0 saturated heterocycles. The minimum Gasteiger partial charge on any atom is -0.388 e. The predicted molar refractivity (Wildman–Crippen MR) is 77.4 cm³/mol. The molecule has 20 heavy (non-hydrogen) atoms. The van der Waals surface area contributed by atoms with E-state index in [1.54, 1.807) is 6.92 Å². The van der Waals surface area contributed by atoms with Crippen molar-refractivity contribution >= 4 is 5.91 Å². The lowest BCUT2D eigenvalue weighted by molar-refractivity contribution is 0.0938. The van der Waals surface area contributed by atoms with Crippen LogP contribution in [0.5, 0.6) is 0 Å². The fraction of sp³-hybridized carbons (Fsp3) is 0.733. The quantitative estimate of drug-likeness (QED) is 0.768. The maximum atomic E-state index is 12.0. The molecule has 0 aliphatic carbocycles. The number of amides is 1. The molecule has 1 heterocycles. The molecule has 0 saturated carbocycles. The first kappa shape index (κ1) is 16.7. The third-order valence-electron chi connectivity index (χ3n) is 3.67. The molecule has 0 fully saturated rings. The summed E-state index contributed by atoms with van der Waals surface area (Å²) >= 11 is 0. The Labute approximate surface area is 120 Å². The second-order valence-electron chi connectivity index (χ2n) is 6.01. The van der Waals surface area contributed by atoms with Crippen LogP contribution < -0.4 is 5.32 Å². The lowest BCUT2D eigenvalue weighted by Crippen LogP contribution is -2.28. The maximum Gasteiger partial charge on any atom is 0.273 e. The molecule has 0 unspecified atom stereocenters. The molecule has 1 amide bonds. The normalized spacial score (nSPS) is 11.7. The molecule has 1 rings (SSSR count). The Morgan fingerprint density at radius 1 is 1.40 bits per heavy atom. The minimum atomic E-state index is -0.240. The molecule has 0 radical (unpaired) electrons. The van der Waals surface area contributed by atoms with E-state index in [1.807, 2.05) is 0 Å². The summed E-state index contributed by atoms with van der Waals surface area (Å²) in [5, 5.41) is 15.6. The van der Waals surface area contributed by atoms with Crippen LogP contribution in [0.1, 0.15) is 68.3 Å². The van der Waals surface area contributed by atoms with Gasteiger partial charge in [0.15, 0.2) is 11.5 Å². The van der Waals surface area contributed by atoms with Crippen molar-refractivity contribution in [3.8, 4) is 0 Å². The van der Waals surface area contributed by atoms with Crippen LogP contribution in [0.15, 0.2) is 4.52 Å². The van der Waals surface area contributed by atoms with Gasteiger partial charge in [-0.3, -0.25) is 4.79 Å². The Balaban J connectivity index is 2.45. The zero-order valence-electron chi connectivity index (χ0n) is 13.0. The Kier molecular flexibility index (Phi) is 6.20. The van der Waals surface area contributed by atoms with E-state index in [2.05, 4.69) is 31.2 Å². The number of nitrogens with one attached hydrogen (secondary N) is 1. The van der Waals surface area contributed by atoms with Crippen LogP contribution in [0.4, 0.5) is 0 Å². The molecule has 0 atom stereocenters. The highest BCUT2D eigenvalue weighted by Gasteiger charge is 2.20. The summed E-state index contributed by atoms with van der Waals surface area (Å²) < 4.78 is 4.91. The maximum absolute atomic E-state index is 12.0. The predicted octanol–water partition coefficient (Wildman–Crippen LogP) is 2.81. The second-order valence-corrected chi connectivity index (χ2v) is 6.01. The van der Waals surface area contributed by atoms with Crippen molar-refractivity contribution in [2.75, 3.05) is 6.54 Å². The number of carbonyl (C=O) groups is 1. The van der Waals surface area contributed by atoms with Crippen LogP contribution >= 0.6 is 0 Å². The molecule has 5 heteroatoms. The van der Waals surface area contributed by atoms with Gasteiger partial charge >= 0.3 is 0 Å². The van der Waals surface area contributed by atoms with E-state index in [0.29, 0.717) is 17.9 Å². The van der Waals surface area contributed by atoms with Crippen LogP contribution in [0.3, 0.4) is 0 Å². The largest absolute Gasteiger partial charge is 0.388 e. The van der Waals surface area contributed by atoms with Crippen LogP contribution in [-0.4, -0.2) is 22.7 Å². The molecule has 1 aromatic rings. The van der Waals surface area contributed by atoms with Gasteiger partial charge in [-0.2, -0.15) is 0 Å². The fourth-order valence-corrected chi connectivity index (χ4v) is 2.11. The average molecular weight is 282 g/mol. The smallest absolute Gasteiger partial charge is 0.273 e. The van der Waals surface area contributed by atoms with Crippen molar-refractivity contribution in [1.82, 2.24) is 10.5 Å². The number of carbonyl (C=O) groups excluding carboxylic acids is 1. The standard InChI is InChI=1S/C15H26N2O3/c1-5-6-7-15(3,4)8-9-16-14(19)13-11(2)12(10-18)20-17-13/h18H,5-10H2,1-4H3,(H,16,19). The molecule has 2 N–H and O–H groups in total. The Hall–Kier alpha value is -1.36. The van der Waals surface area contributed by atoms with Crippen molar-refractivity contribution in [1.29, 1.82) is 0 Å². The zero-order chi connectivity index (χ0) is 15.2. The lowest BCUT2D eigenvalue weighted by atomic mass is 9.84. The third-order valence-corrected chi connectivity index (χ3v) is 3.67. The highest BCUT2D eigenvalue weighted by atomic mass is 16.5. The second kappa shape index (κ2) is 7.43. The average Bonchev–Trinajstić information content (AvgIpc) is 2.77. The first-order valence-electron chi connectivity index (χ1n) is 7.25. The van der Waals surface area contributed by atoms with Crippen LogP contribution in [0.2, 0.25) is 0 Å². The molecule has 5 nitrogen and oxygen atoms in total. The topological polar surface area (TPSA) is 75.4 Å². The van der Waals surface area contributed by atoms with E-state index < -0.39 is 0 Å². The van der Waals surface area contributed by atoms with E-state index in [-0.39, 0.29) is 23.6 Å². The van der Waals surface area contributed by atoms with E-state index >= 15 is 0 Å². The van der Waals surface area contributed by atoms with Crippen molar-refractivity contribution in [2.45, 2.75) is 60.0 Å². The first-order chi connectivity index (χ1) is 9.41. The van der Waals surface area contributed by atoms with Crippen LogP contribution in [0, 0.1) is 12.3 Å². The van der Waals surface area contributed by atoms with Gasteiger partial charge in [-0.05, 0) is 25.2 Å². The van der Waals surface area contributed by atoms with Gasteiger partial charge in [-0.25, -0.2) is 0 Å². The molecule has 0 spiro atoms. The van der Waals surface area contributed by atoms with Crippen LogP contribution in [-0.2, 0) is 6.61 Å². The number of unbranched alkanes of at least 4 members (excludes halogenated alkanes) is 1. The molecule has 0 bridgehead atoms. The number of hydrogen-bond acceptors (Lipinski definition) is 4. The molecule has 1 aromatic heterocycles. The van der Waals surface area contributed by atoms with Gasteiger partial charge in [0.25, 0.3) is 5.91 Å². The summed E-state index contributed by atoms with van der Waals surface area (Å²) in [5.41, 5.74) is 1.11. The van der Waals surface area contributed by atoms with Gasteiger partial charge < -0.3 is 14.9 Å². The highest BCUT2D eigenvalue weighted by molar-refractivity contribution is 5.93. The Morgan fingerprint density at radius 2 is 2.10 bits per heavy atom. The lowest BCUT2D eigenvalue weighted by Gasteiger charge is -2.24. The summed E-state index contributed by atoms with van der Waals surface area (Å²) in [6.07, 6.45) is 4.50. The molecule has 0 aliphatic rings. The SMILES string of the molecule is CCCCC(C)(C)CCNC(=O)c1noc(CO)c1C. The van der Waals surface area contributed by atoms with Gasteiger partial charge in [0.2, 0.25) is 0 Å². The molecule has 0 aliphatic heterocycles. The number of hydrogen-bond donors (Lipinski definition) is 2. The monoisotopic (exact) mass is 282 g/mol. The van der Waals surface area contributed by atoms with E-state index in [0.717, 1.165) is 12.8 Å².